The SMILES string of the molecule is O=C1Nc2ccccc2[C@]12[C@H]([N+](=O)[O-])[C@H](c1ccccc1OCc1ccc(Cl)cc1)[C@@H]1CCCN12. The summed E-state index contributed by atoms with van der Waals surface area (Å²) in [6.45, 7) is 0.952. The zero-order valence-electron chi connectivity index (χ0n) is 18.9. The van der Waals surface area contributed by atoms with Crippen LogP contribution in [0.25, 0.3) is 0 Å². The van der Waals surface area contributed by atoms with Gasteiger partial charge in [0.1, 0.15) is 12.4 Å². The number of para-hydroxylation sites is 2. The van der Waals surface area contributed by atoms with E-state index >= 15 is 0 Å². The van der Waals surface area contributed by atoms with Crippen LogP contribution in [0.5, 0.6) is 5.75 Å². The van der Waals surface area contributed by atoms with Crippen molar-refractivity contribution in [3.63, 3.8) is 0 Å². The Labute approximate surface area is 207 Å². The molecule has 8 heteroatoms. The van der Waals surface area contributed by atoms with Crippen molar-refractivity contribution >= 4 is 23.2 Å². The molecule has 3 aliphatic heterocycles. The largest absolute Gasteiger partial charge is 0.489 e. The lowest BCUT2D eigenvalue weighted by atomic mass is 9.77. The van der Waals surface area contributed by atoms with E-state index in [0.29, 0.717) is 35.2 Å². The van der Waals surface area contributed by atoms with Gasteiger partial charge in [-0.15, -0.1) is 0 Å². The number of carbonyl (C=O) groups is 1. The number of nitrogens with one attached hydrogen (secondary N) is 1. The average molecular weight is 490 g/mol. The van der Waals surface area contributed by atoms with Crippen molar-refractivity contribution in [2.45, 2.75) is 43.0 Å². The fraction of sp³-hybridized carbons (Fsp3) is 0.296. The first kappa shape index (κ1) is 22.1. The maximum Gasteiger partial charge on any atom is 0.256 e. The monoisotopic (exact) mass is 489 g/mol. The van der Waals surface area contributed by atoms with Gasteiger partial charge in [0.25, 0.3) is 11.9 Å². The Balaban J connectivity index is 1.45. The van der Waals surface area contributed by atoms with E-state index in [1.807, 2.05) is 72.8 Å². The molecule has 0 aromatic heterocycles. The summed E-state index contributed by atoms with van der Waals surface area (Å²) in [7, 11) is 0. The van der Waals surface area contributed by atoms with Crippen molar-refractivity contribution in [3.05, 3.63) is 105 Å². The third kappa shape index (κ3) is 3.26. The third-order valence-corrected chi connectivity index (χ3v) is 7.93. The topological polar surface area (TPSA) is 84.7 Å². The van der Waals surface area contributed by atoms with Gasteiger partial charge < -0.3 is 10.1 Å². The molecular weight excluding hydrogens is 466 g/mol. The summed E-state index contributed by atoms with van der Waals surface area (Å²) in [6.07, 6.45) is 1.67. The molecule has 0 unspecified atom stereocenters. The first-order valence-electron chi connectivity index (χ1n) is 11.8. The molecule has 2 fully saturated rings. The van der Waals surface area contributed by atoms with E-state index in [0.717, 1.165) is 24.0 Å². The second-order valence-corrected chi connectivity index (χ2v) is 9.81. The summed E-state index contributed by atoms with van der Waals surface area (Å²) in [5.74, 6) is -0.199. The molecule has 4 atom stereocenters. The molecule has 2 saturated heterocycles. The number of carbonyl (C=O) groups excluding carboxylic acids is 1. The molecule has 0 aliphatic carbocycles. The molecule has 3 heterocycles. The van der Waals surface area contributed by atoms with Crippen molar-refractivity contribution in [1.82, 2.24) is 4.90 Å². The number of hydrogen-bond donors (Lipinski definition) is 1. The van der Waals surface area contributed by atoms with E-state index in [1.165, 1.54) is 0 Å². The van der Waals surface area contributed by atoms with Gasteiger partial charge in [-0.25, -0.2) is 0 Å². The Hall–Kier alpha value is -3.42. The Morgan fingerprint density at radius 2 is 1.83 bits per heavy atom. The first-order chi connectivity index (χ1) is 17.0. The van der Waals surface area contributed by atoms with E-state index in [9.17, 15) is 14.9 Å². The molecule has 3 aliphatic rings. The molecule has 35 heavy (non-hydrogen) atoms. The van der Waals surface area contributed by atoms with E-state index in [2.05, 4.69) is 10.2 Å². The van der Waals surface area contributed by atoms with Crippen LogP contribution < -0.4 is 10.1 Å². The minimum Gasteiger partial charge on any atom is -0.489 e. The van der Waals surface area contributed by atoms with Gasteiger partial charge in [0, 0.05) is 39.3 Å². The number of halogens is 1. The third-order valence-electron chi connectivity index (χ3n) is 7.68. The predicted molar refractivity (Wildman–Crippen MR) is 132 cm³/mol. The number of fused-ring (bicyclic) bond motifs is 4. The van der Waals surface area contributed by atoms with Crippen molar-refractivity contribution in [1.29, 1.82) is 0 Å². The highest BCUT2D eigenvalue weighted by atomic mass is 35.5. The second-order valence-electron chi connectivity index (χ2n) is 9.38. The van der Waals surface area contributed by atoms with Gasteiger partial charge in [0.05, 0.1) is 5.92 Å². The number of anilines is 1. The first-order valence-corrected chi connectivity index (χ1v) is 12.2. The number of hydrogen-bond acceptors (Lipinski definition) is 5. The van der Waals surface area contributed by atoms with Crippen LogP contribution in [0.1, 0.15) is 35.4 Å². The molecule has 1 amide bonds. The Kier molecular flexibility index (Phi) is 5.27. The summed E-state index contributed by atoms with van der Waals surface area (Å²) in [6, 6.07) is 21.0. The maximum atomic E-state index is 13.6. The predicted octanol–water partition coefficient (Wildman–Crippen LogP) is 4.97. The number of ether oxygens (including phenoxy) is 1. The summed E-state index contributed by atoms with van der Waals surface area (Å²) in [5.41, 5.74) is 1.73. The van der Waals surface area contributed by atoms with Crippen molar-refractivity contribution in [2.24, 2.45) is 0 Å². The van der Waals surface area contributed by atoms with Crippen LogP contribution >= 0.6 is 11.6 Å². The van der Waals surface area contributed by atoms with Crippen molar-refractivity contribution in [2.75, 3.05) is 11.9 Å². The molecule has 7 nitrogen and oxygen atoms in total. The number of amides is 1. The van der Waals surface area contributed by atoms with Crippen molar-refractivity contribution < 1.29 is 14.5 Å². The van der Waals surface area contributed by atoms with Gasteiger partial charge in [-0.2, -0.15) is 0 Å². The van der Waals surface area contributed by atoms with Crippen LogP contribution in [0.15, 0.2) is 72.8 Å². The molecule has 1 N–H and O–H groups in total. The summed E-state index contributed by atoms with van der Waals surface area (Å²) in [4.78, 5) is 28.3. The standard InChI is InChI=1S/C27H24ClN3O4/c28-18-13-11-17(12-14-18)16-35-23-10-4-1-6-19(23)24-22-9-5-15-30(22)27(25(24)31(33)34)20-7-2-3-8-21(20)29-26(27)32/h1-4,6-8,10-14,22,24-25H,5,9,15-16H2,(H,29,32)/t22-,24+,25+,27-/m0/s1. The molecule has 0 saturated carbocycles. The fourth-order valence-corrected chi connectivity index (χ4v) is 6.50. The molecule has 6 rings (SSSR count). The molecule has 178 valence electrons. The summed E-state index contributed by atoms with van der Waals surface area (Å²) < 4.78 is 6.21. The zero-order valence-corrected chi connectivity index (χ0v) is 19.6. The fourth-order valence-electron chi connectivity index (χ4n) is 6.38. The smallest absolute Gasteiger partial charge is 0.256 e. The maximum absolute atomic E-state index is 13.6. The van der Waals surface area contributed by atoms with E-state index < -0.39 is 17.5 Å². The highest BCUT2D eigenvalue weighted by Gasteiger charge is 2.73. The Bertz CT molecular complexity index is 1310. The minimum absolute atomic E-state index is 0.136. The van der Waals surface area contributed by atoms with Crippen LogP contribution in [0.3, 0.4) is 0 Å². The van der Waals surface area contributed by atoms with Crippen molar-refractivity contribution in [3.8, 4) is 5.75 Å². The molecule has 0 bridgehead atoms. The molecule has 3 aromatic rings. The molecule has 0 radical (unpaired) electrons. The van der Waals surface area contributed by atoms with Crippen LogP contribution in [0.4, 0.5) is 5.69 Å². The van der Waals surface area contributed by atoms with Crippen LogP contribution in [-0.4, -0.2) is 34.4 Å². The summed E-state index contributed by atoms with van der Waals surface area (Å²) in [5, 5.41) is 16.4. The summed E-state index contributed by atoms with van der Waals surface area (Å²) >= 11 is 6.00. The lowest BCUT2D eigenvalue weighted by molar-refractivity contribution is -0.534. The second kappa shape index (κ2) is 8.36. The number of benzene rings is 3. The van der Waals surface area contributed by atoms with Gasteiger partial charge in [-0.1, -0.05) is 60.1 Å². The van der Waals surface area contributed by atoms with Gasteiger partial charge in [0.2, 0.25) is 0 Å². The van der Waals surface area contributed by atoms with Gasteiger partial charge in [-0.05, 0) is 42.7 Å². The van der Waals surface area contributed by atoms with Crippen LogP contribution in [0, 0.1) is 10.1 Å². The van der Waals surface area contributed by atoms with Crippen LogP contribution in [0.2, 0.25) is 5.02 Å². The molecule has 3 aromatic carbocycles. The highest BCUT2D eigenvalue weighted by Crippen LogP contribution is 2.58. The highest BCUT2D eigenvalue weighted by molar-refractivity contribution is 6.30. The number of nitro groups is 1. The van der Waals surface area contributed by atoms with Gasteiger partial charge >= 0.3 is 0 Å². The Morgan fingerprint density at radius 3 is 2.63 bits per heavy atom. The van der Waals surface area contributed by atoms with E-state index in [4.69, 9.17) is 16.3 Å². The quantitative estimate of drug-likeness (QED) is 0.404. The van der Waals surface area contributed by atoms with E-state index in [1.54, 1.807) is 0 Å². The number of rotatable bonds is 5. The molecular formula is C27H24ClN3O4. The zero-order chi connectivity index (χ0) is 24.2. The van der Waals surface area contributed by atoms with Crippen LogP contribution in [-0.2, 0) is 16.9 Å². The molecule has 1 spiro atoms. The minimum atomic E-state index is -1.34. The van der Waals surface area contributed by atoms with Gasteiger partial charge in [-0.3, -0.25) is 19.8 Å². The van der Waals surface area contributed by atoms with Gasteiger partial charge in [0.15, 0.2) is 5.54 Å². The lowest BCUT2D eigenvalue weighted by Gasteiger charge is -2.32. The Morgan fingerprint density at radius 1 is 1.09 bits per heavy atom. The normalized spacial score (nSPS) is 27.0. The average Bonchev–Trinajstić information content (AvgIpc) is 3.52. The van der Waals surface area contributed by atoms with E-state index in [-0.39, 0.29) is 16.9 Å². The lowest BCUT2D eigenvalue weighted by Crippen LogP contribution is -2.55. The number of nitrogens with zero attached hydrogens (tertiary/aromatic N) is 2.